The maximum Gasteiger partial charge on any atom is 0.306 e. The van der Waals surface area contributed by atoms with Crippen molar-refractivity contribution < 1.29 is 37.3 Å². The average Bonchev–Trinajstić information content (AvgIpc) is 3.39. The summed E-state index contributed by atoms with van der Waals surface area (Å²) in [4.78, 5) is 40.1. The number of allylic oxidation sites excluding steroid dienone is 3. The molecule has 3 unspecified atom stereocenters. The number of phosphoric ester groups is 1. The van der Waals surface area contributed by atoms with Crippen LogP contribution in [0.15, 0.2) is 24.3 Å². The molecule has 0 aliphatic carbocycles. The number of quaternary nitrogens is 1. The molecule has 0 aromatic carbocycles. The first kappa shape index (κ1) is 75.5. The molecule has 0 saturated carbocycles. The van der Waals surface area contributed by atoms with Crippen molar-refractivity contribution in [2.75, 3.05) is 40.9 Å². The zero-order valence-corrected chi connectivity index (χ0v) is 53.1. The minimum atomic E-state index is -4.69. The molecule has 9 nitrogen and oxygen atoms in total. The van der Waals surface area contributed by atoms with Gasteiger partial charge in [-0.1, -0.05) is 296 Å². The molecule has 0 saturated heterocycles. The van der Waals surface area contributed by atoms with E-state index >= 15 is 0 Å². The van der Waals surface area contributed by atoms with E-state index in [-0.39, 0.29) is 31.5 Å². The Morgan fingerprint density at radius 3 is 1.10 bits per heavy atom. The van der Waals surface area contributed by atoms with Crippen molar-refractivity contribution in [3.8, 4) is 0 Å². The maximum absolute atomic E-state index is 13.6. The summed E-state index contributed by atoms with van der Waals surface area (Å²) >= 11 is 0. The third kappa shape index (κ3) is 58.9. The lowest BCUT2D eigenvalue weighted by molar-refractivity contribution is -0.870. The van der Waals surface area contributed by atoms with Crippen LogP contribution in [0.3, 0.4) is 0 Å². The molecule has 0 rings (SSSR count). The first-order valence-electron chi connectivity index (χ1n) is 33.6. The standard InChI is InChI=1S/C67H131N2O7P/c1-7-10-13-16-19-22-25-27-29-31-33-34-36-38-40-42-45-48-51-54-57-60-67(71)76-65(58-55-52-49-46-43-24-21-18-15-12-9-3)64(63-75-77(72,73)74-62-61-69(4,5)6)68-66(70)59-56-53-50-47-44-41-39-37-35-32-30-28-26-23-20-17-14-11-8-2/h27,29,55,58,64-65H,7-26,28,30-54,56-57,59-63H2,1-6H3,(H-,68,70,72,73)/b29-27+,58-55+. The molecule has 0 aromatic heterocycles. The molecule has 77 heavy (non-hydrogen) atoms. The van der Waals surface area contributed by atoms with Crippen molar-refractivity contribution in [1.29, 1.82) is 0 Å². The van der Waals surface area contributed by atoms with Gasteiger partial charge in [0.1, 0.15) is 19.3 Å². The maximum atomic E-state index is 13.6. The Kier molecular flexibility index (Phi) is 56.6. The van der Waals surface area contributed by atoms with E-state index < -0.39 is 20.0 Å². The highest BCUT2D eigenvalue weighted by atomic mass is 31.2. The summed E-state index contributed by atoms with van der Waals surface area (Å²) in [5, 5.41) is 3.04. The number of hydrogen-bond acceptors (Lipinski definition) is 7. The summed E-state index contributed by atoms with van der Waals surface area (Å²) in [6, 6.07) is -0.882. The van der Waals surface area contributed by atoms with Crippen molar-refractivity contribution in [3.63, 3.8) is 0 Å². The summed E-state index contributed by atoms with van der Waals surface area (Å²) in [6.07, 6.45) is 68.6. The monoisotopic (exact) mass is 1110 g/mol. The van der Waals surface area contributed by atoms with Gasteiger partial charge in [-0.2, -0.15) is 0 Å². The summed E-state index contributed by atoms with van der Waals surface area (Å²) in [7, 11) is 1.20. The molecule has 3 atom stereocenters. The minimum Gasteiger partial charge on any atom is -0.756 e. The topological polar surface area (TPSA) is 114 Å². The smallest absolute Gasteiger partial charge is 0.306 e. The molecular formula is C67H131N2O7P. The molecule has 1 N–H and O–H groups in total. The lowest BCUT2D eigenvalue weighted by Gasteiger charge is -2.30. The van der Waals surface area contributed by atoms with Gasteiger partial charge in [-0.05, 0) is 57.4 Å². The van der Waals surface area contributed by atoms with Crippen LogP contribution in [0.2, 0.25) is 0 Å². The summed E-state index contributed by atoms with van der Waals surface area (Å²) in [5.74, 6) is -0.522. The molecule has 0 aromatic rings. The van der Waals surface area contributed by atoms with Crippen molar-refractivity contribution in [2.45, 2.75) is 354 Å². The van der Waals surface area contributed by atoms with Gasteiger partial charge in [0, 0.05) is 12.8 Å². The number of carbonyl (C=O) groups is 2. The van der Waals surface area contributed by atoms with Crippen LogP contribution in [0.25, 0.3) is 0 Å². The first-order valence-corrected chi connectivity index (χ1v) is 35.1. The van der Waals surface area contributed by atoms with Crippen LogP contribution < -0.4 is 10.2 Å². The van der Waals surface area contributed by atoms with Crippen molar-refractivity contribution in [1.82, 2.24) is 5.32 Å². The van der Waals surface area contributed by atoms with E-state index in [1.807, 2.05) is 33.3 Å². The van der Waals surface area contributed by atoms with Crippen molar-refractivity contribution >= 4 is 19.7 Å². The SMILES string of the molecule is CCCCCCCC/C=C/CCCCCCCCCCCCCC(=O)OC(/C=C/CCCCCCCCCCC)C(COP(=O)([O-])OCC[N+](C)(C)C)NC(=O)CCCCCCCCCCCCCCCCCCCCC. The average molecular weight is 1110 g/mol. The number of likely N-dealkylation sites (N-methyl/N-ethyl adjacent to an activating group) is 1. The predicted molar refractivity (Wildman–Crippen MR) is 330 cm³/mol. The summed E-state index contributed by atoms with van der Waals surface area (Å²) in [5.41, 5.74) is 0. The molecule has 0 aliphatic rings. The van der Waals surface area contributed by atoms with Crippen LogP contribution in [-0.4, -0.2) is 69.4 Å². The van der Waals surface area contributed by atoms with Gasteiger partial charge in [-0.15, -0.1) is 0 Å². The quantitative estimate of drug-likeness (QED) is 0.0212. The minimum absolute atomic E-state index is 0.0184. The molecule has 0 aliphatic heterocycles. The molecular weight excluding hydrogens is 976 g/mol. The fourth-order valence-corrected chi connectivity index (χ4v) is 10.9. The third-order valence-electron chi connectivity index (χ3n) is 15.4. The van der Waals surface area contributed by atoms with Gasteiger partial charge < -0.3 is 28.5 Å². The van der Waals surface area contributed by atoms with Gasteiger partial charge in [0.15, 0.2) is 0 Å². The Labute approximate surface area is 479 Å². The fraction of sp³-hybridized carbons (Fsp3) is 0.910. The van der Waals surface area contributed by atoms with Gasteiger partial charge in [0.2, 0.25) is 5.91 Å². The molecule has 0 spiro atoms. The molecule has 0 fully saturated rings. The molecule has 456 valence electrons. The largest absolute Gasteiger partial charge is 0.756 e. The lowest BCUT2D eigenvalue weighted by atomic mass is 10.0. The lowest BCUT2D eigenvalue weighted by Crippen LogP contribution is -2.47. The zero-order chi connectivity index (χ0) is 56.4. The molecule has 0 heterocycles. The van der Waals surface area contributed by atoms with Crippen LogP contribution in [0.5, 0.6) is 0 Å². The first-order chi connectivity index (χ1) is 37.4. The normalized spacial score (nSPS) is 13.7. The van der Waals surface area contributed by atoms with E-state index in [0.29, 0.717) is 17.4 Å². The Hall–Kier alpha value is -1.51. The Balaban J connectivity index is 5.08. The molecule has 0 radical (unpaired) electrons. The molecule has 10 heteroatoms. The van der Waals surface area contributed by atoms with E-state index in [1.54, 1.807) is 0 Å². The fourth-order valence-electron chi connectivity index (χ4n) is 10.2. The van der Waals surface area contributed by atoms with Gasteiger partial charge in [-0.25, -0.2) is 0 Å². The van der Waals surface area contributed by atoms with Crippen LogP contribution in [0.1, 0.15) is 342 Å². The van der Waals surface area contributed by atoms with Gasteiger partial charge in [0.05, 0.1) is 33.8 Å². The highest BCUT2D eigenvalue weighted by molar-refractivity contribution is 7.45. The molecule has 0 bridgehead atoms. The van der Waals surface area contributed by atoms with Crippen molar-refractivity contribution in [3.05, 3.63) is 24.3 Å². The number of ether oxygens (including phenoxy) is 1. The van der Waals surface area contributed by atoms with Crippen molar-refractivity contribution in [2.24, 2.45) is 0 Å². The van der Waals surface area contributed by atoms with E-state index in [9.17, 15) is 19.0 Å². The number of nitrogens with one attached hydrogen (secondary N) is 1. The van der Waals surface area contributed by atoms with E-state index in [1.165, 1.54) is 250 Å². The van der Waals surface area contributed by atoms with Crippen LogP contribution in [0, 0.1) is 0 Å². The Morgan fingerprint density at radius 2 is 0.753 bits per heavy atom. The second-order valence-corrected chi connectivity index (χ2v) is 25.7. The Morgan fingerprint density at radius 1 is 0.442 bits per heavy atom. The second kappa shape index (κ2) is 57.7. The number of carbonyl (C=O) groups excluding carboxylic acids is 2. The number of unbranched alkanes of at least 4 members (excludes halogenated alkanes) is 44. The van der Waals surface area contributed by atoms with Crippen LogP contribution in [0.4, 0.5) is 0 Å². The number of hydrogen-bond donors (Lipinski definition) is 1. The van der Waals surface area contributed by atoms with Gasteiger partial charge >= 0.3 is 5.97 Å². The number of esters is 1. The summed E-state index contributed by atoms with van der Waals surface area (Å²) in [6.45, 7) is 6.89. The Bertz CT molecular complexity index is 1370. The predicted octanol–water partition coefficient (Wildman–Crippen LogP) is 20.3. The number of nitrogens with zero attached hydrogens (tertiary/aromatic N) is 1. The molecule has 1 amide bonds. The van der Waals surface area contributed by atoms with E-state index in [0.717, 1.165) is 57.8 Å². The highest BCUT2D eigenvalue weighted by Crippen LogP contribution is 2.38. The number of rotatable bonds is 62. The zero-order valence-electron chi connectivity index (χ0n) is 52.2. The van der Waals surface area contributed by atoms with Crippen LogP contribution in [-0.2, 0) is 27.9 Å². The second-order valence-electron chi connectivity index (χ2n) is 24.3. The third-order valence-corrected chi connectivity index (χ3v) is 16.3. The van der Waals surface area contributed by atoms with Gasteiger partial charge in [0.25, 0.3) is 7.82 Å². The number of amides is 1. The van der Waals surface area contributed by atoms with Crippen LogP contribution >= 0.6 is 7.82 Å². The summed E-state index contributed by atoms with van der Waals surface area (Å²) < 4.78 is 30.4. The van der Waals surface area contributed by atoms with Gasteiger partial charge in [-0.3, -0.25) is 14.2 Å². The number of phosphoric acid groups is 1. The van der Waals surface area contributed by atoms with E-state index in [2.05, 4.69) is 38.2 Å². The highest BCUT2D eigenvalue weighted by Gasteiger charge is 2.27. The van der Waals surface area contributed by atoms with E-state index in [4.69, 9.17) is 13.8 Å².